The maximum Gasteiger partial charge on any atom is 0.159 e. The summed E-state index contributed by atoms with van der Waals surface area (Å²) in [5, 5.41) is 65.5. The van der Waals surface area contributed by atoms with Crippen LogP contribution in [-0.2, 0) is 4.79 Å². The van der Waals surface area contributed by atoms with Crippen LogP contribution < -0.4 is 0 Å². The van der Waals surface area contributed by atoms with Crippen molar-refractivity contribution in [1.29, 1.82) is 0 Å². The lowest BCUT2D eigenvalue weighted by Crippen LogP contribution is -2.62. The van der Waals surface area contributed by atoms with Gasteiger partial charge in [0.2, 0.25) is 0 Å². The zero-order valence-electron chi connectivity index (χ0n) is 21.3. The number of ketones is 1. The van der Waals surface area contributed by atoms with Crippen LogP contribution in [0.2, 0.25) is 0 Å². The zero-order valence-corrected chi connectivity index (χ0v) is 21.3. The van der Waals surface area contributed by atoms with E-state index in [2.05, 4.69) is 0 Å². The van der Waals surface area contributed by atoms with E-state index in [0.29, 0.717) is 44.1 Å². The Hall–Kier alpha value is -0.830. The van der Waals surface area contributed by atoms with Crippen LogP contribution in [0.5, 0.6) is 0 Å². The first-order valence-corrected chi connectivity index (χ1v) is 12.9. The van der Waals surface area contributed by atoms with Crippen molar-refractivity contribution in [3.63, 3.8) is 0 Å². The van der Waals surface area contributed by atoms with Crippen LogP contribution in [0.15, 0.2) is 11.6 Å². The lowest BCUT2D eigenvalue weighted by Gasteiger charge is -2.60. The third kappa shape index (κ3) is 3.73. The molecule has 7 nitrogen and oxygen atoms in total. The highest BCUT2D eigenvalue weighted by molar-refractivity contribution is 5.95. The zero-order chi connectivity index (χ0) is 25.5. The van der Waals surface area contributed by atoms with Gasteiger partial charge in [0.05, 0.1) is 35.1 Å². The van der Waals surface area contributed by atoms with Crippen LogP contribution in [0.25, 0.3) is 0 Å². The molecule has 4 rings (SSSR count). The number of carbonyl (C=O) groups is 1. The Kier molecular flexibility index (Phi) is 6.24. The third-order valence-electron chi connectivity index (χ3n) is 10.5. The largest absolute Gasteiger partial charge is 0.390 e. The molecule has 4 aliphatic rings. The van der Waals surface area contributed by atoms with E-state index in [9.17, 15) is 35.4 Å². The molecule has 0 radical (unpaired) electrons. The molecule has 0 amide bonds. The van der Waals surface area contributed by atoms with Gasteiger partial charge in [-0.05, 0) is 101 Å². The fourth-order valence-corrected chi connectivity index (χ4v) is 8.32. The van der Waals surface area contributed by atoms with Crippen molar-refractivity contribution in [2.24, 2.45) is 28.6 Å². The molecule has 3 fully saturated rings. The molecule has 0 heterocycles. The third-order valence-corrected chi connectivity index (χ3v) is 10.5. The van der Waals surface area contributed by atoms with Crippen LogP contribution in [0.3, 0.4) is 0 Å². The molecular weight excluding hydrogens is 436 g/mol. The summed E-state index contributed by atoms with van der Waals surface area (Å²) >= 11 is 0. The molecule has 0 aromatic heterocycles. The van der Waals surface area contributed by atoms with E-state index in [-0.39, 0.29) is 36.4 Å². The van der Waals surface area contributed by atoms with Crippen molar-refractivity contribution in [3.05, 3.63) is 11.6 Å². The average molecular weight is 481 g/mol. The maximum atomic E-state index is 13.2. The molecule has 0 saturated heterocycles. The lowest BCUT2D eigenvalue weighted by molar-refractivity contribution is -0.177. The van der Waals surface area contributed by atoms with Crippen molar-refractivity contribution in [2.75, 3.05) is 0 Å². The van der Waals surface area contributed by atoms with Gasteiger partial charge in [-0.3, -0.25) is 4.79 Å². The van der Waals surface area contributed by atoms with Gasteiger partial charge in [0.25, 0.3) is 0 Å². The number of fused-ring (bicyclic) bond motifs is 5. The summed E-state index contributed by atoms with van der Waals surface area (Å²) in [5.74, 6) is -0.948. The predicted octanol–water partition coefficient (Wildman–Crippen LogP) is 1.85. The van der Waals surface area contributed by atoms with Crippen molar-refractivity contribution >= 4 is 5.78 Å². The second kappa shape index (κ2) is 8.09. The van der Waals surface area contributed by atoms with Crippen molar-refractivity contribution in [3.8, 4) is 0 Å². The number of allylic oxidation sites excluding steroid dienone is 1. The minimum absolute atomic E-state index is 0.0840. The number of aliphatic hydroxyl groups excluding tert-OH is 3. The van der Waals surface area contributed by atoms with Gasteiger partial charge in [-0.2, -0.15) is 0 Å². The van der Waals surface area contributed by atoms with Gasteiger partial charge < -0.3 is 30.6 Å². The molecule has 0 unspecified atom stereocenters. The molecule has 3 saturated carbocycles. The van der Waals surface area contributed by atoms with Crippen molar-refractivity contribution in [1.82, 2.24) is 0 Å². The minimum Gasteiger partial charge on any atom is -0.390 e. The fourth-order valence-electron chi connectivity index (χ4n) is 8.32. The summed E-state index contributed by atoms with van der Waals surface area (Å²) in [6.45, 7) is 8.96. The van der Waals surface area contributed by atoms with Gasteiger partial charge in [-0.1, -0.05) is 13.8 Å². The second-order valence-electron chi connectivity index (χ2n) is 13.2. The molecule has 10 atom stereocenters. The molecule has 0 spiro atoms. The number of carbonyl (C=O) groups excluding carboxylic acids is 1. The van der Waals surface area contributed by atoms with Crippen LogP contribution in [-0.4, -0.2) is 71.5 Å². The van der Waals surface area contributed by atoms with Crippen LogP contribution >= 0.6 is 0 Å². The van der Waals surface area contributed by atoms with E-state index in [4.69, 9.17) is 0 Å². The van der Waals surface area contributed by atoms with E-state index >= 15 is 0 Å². The minimum atomic E-state index is -1.46. The Labute approximate surface area is 202 Å². The second-order valence-corrected chi connectivity index (χ2v) is 13.2. The number of hydrogen-bond donors (Lipinski definition) is 6. The number of hydrogen-bond acceptors (Lipinski definition) is 7. The number of rotatable bonds is 5. The predicted molar refractivity (Wildman–Crippen MR) is 127 cm³/mol. The SMILES string of the molecule is CC(C)(O)CC[C@H](O)[C@@](C)(O)[C@H]1CC[C@@]2(O)C3=CC(=O)[C@@H]4C[C@@H](O)[C@@H](O)C[C@]4(C)[C@H]3CC[C@]12C. The quantitative estimate of drug-likeness (QED) is 0.353. The van der Waals surface area contributed by atoms with Gasteiger partial charge >= 0.3 is 0 Å². The smallest absolute Gasteiger partial charge is 0.159 e. The first kappa shape index (κ1) is 26.2. The topological polar surface area (TPSA) is 138 Å². The van der Waals surface area contributed by atoms with Gasteiger partial charge in [0.1, 0.15) is 0 Å². The van der Waals surface area contributed by atoms with E-state index in [1.807, 2.05) is 13.8 Å². The molecule has 0 aromatic carbocycles. The Morgan fingerprint density at radius 3 is 2.32 bits per heavy atom. The van der Waals surface area contributed by atoms with Crippen molar-refractivity contribution < 1.29 is 35.4 Å². The monoisotopic (exact) mass is 480 g/mol. The Bertz CT molecular complexity index is 860. The van der Waals surface area contributed by atoms with E-state index < -0.39 is 45.9 Å². The summed E-state index contributed by atoms with van der Waals surface area (Å²) in [7, 11) is 0. The Morgan fingerprint density at radius 2 is 1.71 bits per heavy atom. The molecule has 194 valence electrons. The first-order chi connectivity index (χ1) is 15.5. The van der Waals surface area contributed by atoms with E-state index in [0.717, 1.165) is 0 Å². The van der Waals surface area contributed by atoms with E-state index in [1.165, 1.54) is 0 Å². The van der Waals surface area contributed by atoms with Crippen LogP contribution in [0, 0.1) is 28.6 Å². The maximum absolute atomic E-state index is 13.2. The van der Waals surface area contributed by atoms with E-state index in [1.54, 1.807) is 26.8 Å². The van der Waals surface area contributed by atoms with Gasteiger partial charge in [-0.15, -0.1) is 0 Å². The number of aliphatic hydroxyl groups is 6. The average Bonchev–Trinajstić information content (AvgIpc) is 3.00. The van der Waals surface area contributed by atoms with Crippen LogP contribution in [0.4, 0.5) is 0 Å². The fraction of sp³-hybridized carbons (Fsp3) is 0.889. The standard InChI is InChI=1S/C27H44O7/c1-23(2,32)9-8-22(31)26(5,33)21-7-11-27(34)16-12-18(28)17-13-19(29)20(30)14-24(17,3)15(16)6-10-25(21,27)4/h12,15,17,19-22,29-34H,6-11,13-14H2,1-5H3/t15-,17-,19+,20-,21-,22-,24+,25+,26-,27+/m0/s1. The molecule has 0 aliphatic heterocycles. The first-order valence-electron chi connectivity index (χ1n) is 12.9. The van der Waals surface area contributed by atoms with Gasteiger partial charge in [0.15, 0.2) is 5.78 Å². The Morgan fingerprint density at radius 1 is 1.06 bits per heavy atom. The Balaban J connectivity index is 1.66. The summed E-state index contributed by atoms with van der Waals surface area (Å²) in [5.41, 5.74) is -4.27. The summed E-state index contributed by atoms with van der Waals surface area (Å²) in [6.07, 6.45) is 2.11. The molecule has 0 bridgehead atoms. The summed E-state index contributed by atoms with van der Waals surface area (Å²) < 4.78 is 0. The molecule has 34 heavy (non-hydrogen) atoms. The van der Waals surface area contributed by atoms with Gasteiger partial charge in [-0.25, -0.2) is 0 Å². The highest BCUT2D eigenvalue weighted by atomic mass is 16.3. The lowest BCUT2D eigenvalue weighted by atomic mass is 9.45. The normalized spacial score (nSPS) is 47.2. The van der Waals surface area contributed by atoms with Gasteiger partial charge in [0, 0.05) is 11.3 Å². The molecule has 6 N–H and O–H groups in total. The molecule has 0 aromatic rings. The summed E-state index contributed by atoms with van der Waals surface area (Å²) in [6, 6.07) is 0. The summed E-state index contributed by atoms with van der Waals surface area (Å²) in [4.78, 5) is 13.2. The van der Waals surface area contributed by atoms with Crippen LogP contribution in [0.1, 0.15) is 86.0 Å². The molecular formula is C27H44O7. The van der Waals surface area contributed by atoms with Crippen molar-refractivity contribution in [2.45, 2.75) is 121 Å². The highest BCUT2D eigenvalue weighted by Crippen LogP contribution is 2.68. The molecule has 4 aliphatic carbocycles. The molecule has 7 heteroatoms. The highest BCUT2D eigenvalue weighted by Gasteiger charge is 2.69.